The molecule has 0 atom stereocenters. The van der Waals surface area contributed by atoms with Gasteiger partial charge in [0, 0.05) is 39.6 Å². The van der Waals surface area contributed by atoms with Gasteiger partial charge in [-0.25, -0.2) is 4.98 Å². The SMILES string of the molecule is CCNc1nc(-c2c[nH]c3ccc(Cl)cc23)cs1. The molecule has 0 saturated carbocycles. The number of benzene rings is 1. The first kappa shape index (κ1) is 11.6. The molecule has 2 N–H and O–H groups in total. The van der Waals surface area contributed by atoms with Crippen molar-refractivity contribution in [3.8, 4) is 11.3 Å². The minimum Gasteiger partial charge on any atom is -0.362 e. The number of aromatic nitrogens is 2. The maximum atomic E-state index is 6.05. The average Bonchev–Trinajstić information content (AvgIpc) is 2.95. The molecule has 0 saturated heterocycles. The molecule has 1 aromatic carbocycles. The molecule has 3 rings (SSSR count). The van der Waals surface area contributed by atoms with Crippen LogP contribution in [0.1, 0.15) is 6.92 Å². The number of aromatic amines is 1. The fourth-order valence-corrected chi connectivity index (χ4v) is 2.89. The van der Waals surface area contributed by atoms with Crippen molar-refractivity contribution >= 4 is 39.0 Å². The van der Waals surface area contributed by atoms with Gasteiger partial charge in [-0.1, -0.05) is 11.6 Å². The third kappa shape index (κ3) is 1.98. The van der Waals surface area contributed by atoms with Crippen LogP contribution in [0, 0.1) is 0 Å². The van der Waals surface area contributed by atoms with Crippen molar-refractivity contribution in [1.82, 2.24) is 9.97 Å². The van der Waals surface area contributed by atoms with E-state index in [0.29, 0.717) is 0 Å². The van der Waals surface area contributed by atoms with Crippen LogP contribution in [0.15, 0.2) is 29.8 Å². The maximum Gasteiger partial charge on any atom is 0.183 e. The zero-order chi connectivity index (χ0) is 12.5. The Balaban J connectivity index is 2.09. The van der Waals surface area contributed by atoms with E-state index >= 15 is 0 Å². The smallest absolute Gasteiger partial charge is 0.183 e. The lowest BCUT2D eigenvalue weighted by atomic mass is 10.1. The van der Waals surface area contributed by atoms with Crippen LogP contribution in [-0.4, -0.2) is 16.5 Å². The van der Waals surface area contributed by atoms with Crippen molar-refractivity contribution in [2.75, 3.05) is 11.9 Å². The number of fused-ring (bicyclic) bond motifs is 1. The van der Waals surface area contributed by atoms with Gasteiger partial charge in [0.05, 0.1) is 5.69 Å². The summed E-state index contributed by atoms with van der Waals surface area (Å²) < 4.78 is 0. The molecule has 5 heteroatoms. The second kappa shape index (κ2) is 4.63. The van der Waals surface area contributed by atoms with E-state index in [4.69, 9.17) is 11.6 Å². The van der Waals surface area contributed by atoms with E-state index in [1.54, 1.807) is 11.3 Å². The van der Waals surface area contributed by atoms with Crippen LogP contribution in [0.4, 0.5) is 5.13 Å². The molecule has 0 aliphatic heterocycles. The van der Waals surface area contributed by atoms with Crippen molar-refractivity contribution in [2.24, 2.45) is 0 Å². The number of H-pyrrole nitrogens is 1. The maximum absolute atomic E-state index is 6.05. The quantitative estimate of drug-likeness (QED) is 0.746. The van der Waals surface area contributed by atoms with E-state index in [0.717, 1.165) is 38.9 Å². The fraction of sp³-hybridized carbons (Fsp3) is 0.154. The van der Waals surface area contributed by atoms with Crippen LogP contribution in [0.25, 0.3) is 22.2 Å². The first-order chi connectivity index (χ1) is 8.78. The van der Waals surface area contributed by atoms with Gasteiger partial charge in [0.25, 0.3) is 0 Å². The summed E-state index contributed by atoms with van der Waals surface area (Å²) >= 11 is 7.66. The molecule has 2 heterocycles. The number of thiazole rings is 1. The van der Waals surface area contributed by atoms with Crippen molar-refractivity contribution in [3.63, 3.8) is 0 Å². The highest BCUT2D eigenvalue weighted by molar-refractivity contribution is 7.14. The Morgan fingerprint density at radius 3 is 3.17 bits per heavy atom. The summed E-state index contributed by atoms with van der Waals surface area (Å²) in [6.07, 6.45) is 1.98. The van der Waals surface area contributed by atoms with Crippen LogP contribution >= 0.6 is 22.9 Å². The number of rotatable bonds is 3. The van der Waals surface area contributed by atoms with Crippen LogP contribution in [-0.2, 0) is 0 Å². The van der Waals surface area contributed by atoms with Gasteiger partial charge in [-0.3, -0.25) is 0 Å². The summed E-state index contributed by atoms with van der Waals surface area (Å²) in [5.74, 6) is 0. The predicted molar refractivity (Wildman–Crippen MR) is 78.6 cm³/mol. The summed E-state index contributed by atoms with van der Waals surface area (Å²) in [4.78, 5) is 7.81. The van der Waals surface area contributed by atoms with Gasteiger partial charge in [0.2, 0.25) is 0 Å². The minimum absolute atomic E-state index is 0.741. The van der Waals surface area contributed by atoms with Crippen molar-refractivity contribution in [1.29, 1.82) is 0 Å². The number of halogens is 1. The highest BCUT2D eigenvalue weighted by Gasteiger charge is 2.10. The Labute approximate surface area is 114 Å². The fourth-order valence-electron chi connectivity index (χ4n) is 1.93. The van der Waals surface area contributed by atoms with Gasteiger partial charge >= 0.3 is 0 Å². The highest BCUT2D eigenvalue weighted by Crippen LogP contribution is 2.32. The molecule has 0 unspecified atom stereocenters. The molecule has 0 bridgehead atoms. The molecule has 0 aliphatic rings. The van der Waals surface area contributed by atoms with Gasteiger partial charge in [0.15, 0.2) is 5.13 Å². The molecule has 2 aromatic heterocycles. The van der Waals surface area contributed by atoms with E-state index in [1.807, 2.05) is 24.4 Å². The van der Waals surface area contributed by atoms with Gasteiger partial charge in [-0.05, 0) is 25.1 Å². The summed E-state index contributed by atoms with van der Waals surface area (Å²) in [7, 11) is 0. The van der Waals surface area contributed by atoms with Crippen LogP contribution < -0.4 is 5.32 Å². The van der Waals surface area contributed by atoms with Crippen LogP contribution in [0.2, 0.25) is 5.02 Å². The molecular weight excluding hydrogens is 266 g/mol. The molecule has 0 radical (unpaired) electrons. The second-order valence-electron chi connectivity index (χ2n) is 3.96. The molecule has 0 amide bonds. The first-order valence-electron chi connectivity index (χ1n) is 5.74. The van der Waals surface area contributed by atoms with Crippen LogP contribution in [0.3, 0.4) is 0 Å². The molecule has 3 nitrogen and oxygen atoms in total. The van der Waals surface area contributed by atoms with Crippen molar-refractivity contribution in [3.05, 3.63) is 34.8 Å². The summed E-state index contributed by atoms with van der Waals surface area (Å²) in [6.45, 7) is 2.94. The summed E-state index contributed by atoms with van der Waals surface area (Å²) in [6, 6.07) is 5.84. The molecule has 0 aliphatic carbocycles. The molecule has 0 fully saturated rings. The topological polar surface area (TPSA) is 40.7 Å². The lowest BCUT2D eigenvalue weighted by molar-refractivity contribution is 1.19. The van der Waals surface area contributed by atoms with E-state index < -0.39 is 0 Å². The van der Waals surface area contributed by atoms with E-state index in [-0.39, 0.29) is 0 Å². The Kier molecular flexibility index (Phi) is 2.97. The number of anilines is 1. The Bertz CT molecular complexity index is 686. The number of nitrogens with zero attached hydrogens (tertiary/aromatic N) is 1. The third-order valence-electron chi connectivity index (χ3n) is 2.75. The first-order valence-corrected chi connectivity index (χ1v) is 7.00. The standard InChI is InChI=1S/C13H12ClN3S/c1-2-15-13-17-12(7-18-13)10-6-16-11-4-3-8(14)5-9(10)11/h3-7,16H,2H2,1H3,(H,15,17). The minimum atomic E-state index is 0.741. The van der Waals surface area contributed by atoms with Gasteiger partial charge < -0.3 is 10.3 Å². The second-order valence-corrected chi connectivity index (χ2v) is 5.26. The number of hydrogen-bond acceptors (Lipinski definition) is 3. The Morgan fingerprint density at radius 2 is 2.33 bits per heavy atom. The van der Waals surface area contributed by atoms with Gasteiger partial charge in [-0.15, -0.1) is 11.3 Å². The largest absolute Gasteiger partial charge is 0.362 e. The Morgan fingerprint density at radius 1 is 1.44 bits per heavy atom. The highest BCUT2D eigenvalue weighted by atomic mass is 35.5. The molecule has 0 spiro atoms. The van der Waals surface area contributed by atoms with Crippen LogP contribution in [0.5, 0.6) is 0 Å². The average molecular weight is 278 g/mol. The number of hydrogen-bond donors (Lipinski definition) is 2. The predicted octanol–water partition coefficient (Wildman–Crippen LogP) is 4.38. The van der Waals surface area contributed by atoms with Crippen molar-refractivity contribution < 1.29 is 0 Å². The normalized spacial score (nSPS) is 11.0. The van der Waals surface area contributed by atoms with Crippen molar-refractivity contribution in [2.45, 2.75) is 6.92 Å². The zero-order valence-corrected chi connectivity index (χ0v) is 11.4. The molecule has 92 valence electrons. The monoisotopic (exact) mass is 277 g/mol. The lowest BCUT2D eigenvalue weighted by Gasteiger charge is -1.96. The lowest BCUT2D eigenvalue weighted by Crippen LogP contribution is -1.94. The third-order valence-corrected chi connectivity index (χ3v) is 3.79. The summed E-state index contributed by atoms with van der Waals surface area (Å²) in [5, 5.41) is 8.07. The van der Waals surface area contributed by atoms with Gasteiger partial charge in [-0.2, -0.15) is 0 Å². The van der Waals surface area contributed by atoms with E-state index in [1.165, 1.54) is 0 Å². The summed E-state index contributed by atoms with van der Waals surface area (Å²) in [5.41, 5.74) is 3.14. The van der Waals surface area contributed by atoms with Gasteiger partial charge in [0.1, 0.15) is 0 Å². The van der Waals surface area contributed by atoms with E-state index in [2.05, 4.69) is 27.6 Å². The molecule has 18 heavy (non-hydrogen) atoms. The number of nitrogens with one attached hydrogen (secondary N) is 2. The zero-order valence-electron chi connectivity index (χ0n) is 9.83. The molecule has 3 aromatic rings. The Hall–Kier alpha value is -1.52. The van der Waals surface area contributed by atoms with E-state index in [9.17, 15) is 0 Å². The molecular formula is C13H12ClN3S.